The number of carbonyl (C=O) groups is 1. The van der Waals surface area contributed by atoms with Crippen LogP contribution in [0.4, 0.5) is 4.39 Å². The number of rotatable bonds is 11. The first kappa shape index (κ1) is 24.0. The van der Waals surface area contributed by atoms with E-state index in [2.05, 4.69) is 15.6 Å². The average Bonchev–Trinajstić information content (AvgIpc) is 2.77. The molecule has 0 saturated carbocycles. The maximum atomic E-state index is 13.1. The van der Waals surface area contributed by atoms with Crippen molar-refractivity contribution in [3.8, 4) is 11.5 Å². The molecule has 0 aromatic heterocycles. The Morgan fingerprint density at radius 2 is 1.74 bits per heavy atom. The van der Waals surface area contributed by atoms with E-state index in [1.165, 1.54) is 12.1 Å². The first-order valence-electron chi connectivity index (χ1n) is 10.2. The van der Waals surface area contributed by atoms with Crippen molar-refractivity contribution in [2.24, 2.45) is 16.6 Å². The number of hydrogen-bond acceptors (Lipinski definition) is 4. The number of guanidine groups is 1. The molecule has 1 amide bonds. The van der Waals surface area contributed by atoms with Crippen LogP contribution in [0.15, 0.2) is 47.5 Å². The first-order valence-corrected chi connectivity index (χ1v) is 10.2. The number of benzene rings is 2. The predicted molar refractivity (Wildman–Crippen MR) is 120 cm³/mol. The Kier molecular flexibility index (Phi) is 9.61. The van der Waals surface area contributed by atoms with Crippen molar-refractivity contribution in [3.05, 3.63) is 59.4 Å². The summed E-state index contributed by atoms with van der Waals surface area (Å²) >= 11 is 0. The fraction of sp³-hybridized carbons (Fsp3) is 0.391. The van der Waals surface area contributed by atoms with Crippen LogP contribution >= 0.6 is 0 Å². The highest BCUT2D eigenvalue weighted by molar-refractivity contribution is 5.81. The van der Waals surface area contributed by atoms with Crippen LogP contribution in [0.25, 0.3) is 0 Å². The molecule has 168 valence electrons. The second kappa shape index (κ2) is 12.4. The number of amides is 1. The normalized spacial score (nSPS) is 12.2. The SMILES string of the molecule is CCNC(=NCC(Cc1ccc(F)cc1)C(N)=O)NCCc1ccc(OC)c(OC)c1. The zero-order valence-corrected chi connectivity index (χ0v) is 18.3. The highest BCUT2D eigenvalue weighted by Crippen LogP contribution is 2.27. The van der Waals surface area contributed by atoms with Gasteiger partial charge in [-0.1, -0.05) is 18.2 Å². The fourth-order valence-corrected chi connectivity index (χ4v) is 3.06. The molecule has 0 heterocycles. The van der Waals surface area contributed by atoms with Gasteiger partial charge in [0.15, 0.2) is 17.5 Å². The van der Waals surface area contributed by atoms with E-state index < -0.39 is 11.8 Å². The number of halogens is 1. The lowest BCUT2D eigenvalue weighted by Crippen LogP contribution is -2.39. The Labute approximate surface area is 182 Å². The number of ether oxygens (including phenoxy) is 2. The average molecular weight is 431 g/mol. The Balaban J connectivity index is 1.96. The molecule has 0 bridgehead atoms. The molecule has 1 unspecified atom stereocenters. The summed E-state index contributed by atoms with van der Waals surface area (Å²) < 4.78 is 23.7. The number of nitrogens with two attached hydrogens (primary N) is 1. The molecule has 2 aromatic rings. The number of primary amides is 1. The van der Waals surface area contributed by atoms with Gasteiger partial charge in [0, 0.05) is 13.1 Å². The number of methoxy groups -OCH3 is 2. The molecule has 0 aliphatic heterocycles. The van der Waals surface area contributed by atoms with Gasteiger partial charge in [0.05, 0.1) is 26.7 Å². The van der Waals surface area contributed by atoms with Crippen LogP contribution in [-0.4, -0.2) is 45.7 Å². The van der Waals surface area contributed by atoms with Gasteiger partial charge in [0.25, 0.3) is 0 Å². The summed E-state index contributed by atoms with van der Waals surface area (Å²) in [5.41, 5.74) is 7.49. The Bertz CT molecular complexity index is 872. The molecule has 0 aliphatic rings. The van der Waals surface area contributed by atoms with Crippen LogP contribution in [0.5, 0.6) is 11.5 Å². The number of nitrogens with zero attached hydrogens (tertiary/aromatic N) is 1. The van der Waals surface area contributed by atoms with Crippen molar-refractivity contribution in [2.45, 2.75) is 19.8 Å². The van der Waals surface area contributed by atoms with E-state index >= 15 is 0 Å². The third-order valence-corrected chi connectivity index (χ3v) is 4.77. The summed E-state index contributed by atoms with van der Waals surface area (Å²) in [6, 6.07) is 11.9. The number of aliphatic imine (C=N–C) groups is 1. The van der Waals surface area contributed by atoms with Gasteiger partial charge in [-0.05, 0) is 55.2 Å². The molecular weight excluding hydrogens is 399 g/mol. The van der Waals surface area contributed by atoms with Gasteiger partial charge in [0.1, 0.15) is 5.82 Å². The van der Waals surface area contributed by atoms with Gasteiger partial charge < -0.3 is 25.8 Å². The Morgan fingerprint density at radius 1 is 1.06 bits per heavy atom. The molecule has 0 spiro atoms. The van der Waals surface area contributed by atoms with E-state index in [9.17, 15) is 9.18 Å². The van der Waals surface area contributed by atoms with Crippen LogP contribution in [-0.2, 0) is 17.6 Å². The van der Waals surface area contributed by atoms with E-state index in [1.54, 1.807) is 26.4 Å². The summed E-state index contributed by atoms with van der Waals surface area (Å²) in [5, 5.41) is 6.43. The molecule has 31 heavy (non-hydrogen) atoms. The van der Waals surface area contributed by atoms with E-state index in [-0.39, 0.29) is 12.4 Å². The highest BCUT2D eigenvalue weighted by atomic mass is 19.1. The van der Waals surface area contributed by atoms with Crippen molar-refractivity contribution in [3.63, 3.8) is 0 Å². The smallest absolute Gasteiger partial charge is 0.222 e. The summed E-state index contributed by atoms with van der Waals surface area (Å²) in [7, 11) is 3.21. The van der Waals surface area contributed by atoms with Crippen molar-refractivity contribution >= 4 is 11.9 Å². The second-order valence-electron chi connectivity index (χ2n) is 7.02. The van der Waals surface area contributed by atoms with Crippen LogP contribution in [0.2, 0.25) is 0 Å². The van der Waals surface area contributed by atoms with Crippen molar-refractivity contribution < 1.29 is 18.7 Å². The summed E-state index contributed by atoms with van der Waals surface area (Å²) in [6.45, 7) is 3.52. The summed E-state index contributed by atoms with van der Waals surface area (Å²) in [6.07, 6.45) is 1.16. The molecule has 2 aromatic carbocycles. The maximum Gasteiger partial charge on any atom is 0.222 e. The van der Waals surface area contributed by atoms with Crippen LogP contribution in [0.1, 0.15) is 18.1 Å². The largest absolute Gasteiger partial charge is 0.493 e. The van der Waals surface area contributed by atoms with Gasteiger partial charge in [-0.2, -0.15) is 0 Å². The van der Waals surface area contributed by atoms with Crippen LogP contribution in [0.3, 0.4) is 0 Å². The third kappa shape index (κ3) is 7.81. The van der Waals surface area contributed by atoms with E-state index in [1.807, 2.05) is 25.1 Å². The van der Waals surface area contributed by atoms with E-state index in [0.717, 1.165) is 17.5 Å². The number of hydrogen-bond donors (Lipinski definition) is 3. The van der Waals surface area contributed by atoms with E-state index in [4.69, 9.17) is 15.2 Å². The van der Waals surface area contributed by atoms with Gasteiger partial charge in [-0.25, -0.2) is 4.39 Å². The maximum absolute atomic E-state index is 13.1. The Hall–Kier alpha value is -3.29. The minimum Gasteiger partial charge on any atom is -0.493 e. The van der Waals surface area contributed by atoms with Gasteiger partial charge in [-0.15, -0.1) is 0 Å². The molecule has 0 saturated heterocycles. The second-order valence-corrected chi connectivity index (χ2v) is 7.02. The van der Waals surface area contributed by atoms with Crippen molar-refractivity contribution in [1.82, 2.24) is 10.6 Å². The highest BCUT2D eigenvalue weighted by Gasteiger charge is 2.16. The van der Waals surface area contributed by atoms with E-state index in [0.29, 0.717) is 37.0 Å². The molecule has 1 atom stereocenters. The summed E-state index contributed by atoms with van der Waals surface area (Å²) in [4.78, 5) is 16.4. The Morgan fingerprint density at radius 3 is 2.35 bits per heavy atom. The van der Waals surface area contributed by atoms with Gasteiger partial charge in [-0.3, -0.25) is 9.79 Å². The predicted octanol–water partition coefficient (Wildman–Crippen LogP) is 2.28. The molecule has 8 heteroatoms. The topological polar surface area (TPSA) is 98.0 Å². The molecule has 0 aliphatic carbocycles. The lowest BCUT2D eigenvalue weighted by atomic mass is 9.99. The van der Waals surface area contributed by atoms with Crippen molar-refractivity contribution in [1.29, 1.82) is 0 Å². The van der Waals surface area contributed by atoms with Gasteiger partial charge in [0.2, 0.25) is 5.91 Å². The van der Waals surface area contributed by atoms with Crippen molar-refractivity contribution in [2.75, 3.05) is 33.9 Å². The molecule has 2 rings (SSSR count). The minimum atomic E-state index is -0.480. The molecule has 0 radical (unpaired) electrons. The lowest BCUT2D eigenvalue weighted by Gasteiger charge is -2.15. The lowest BCUT2D eigenvalue weighted by molar-refractivity contribution is -0.121. The summed E-state index contributed by atoms with van der Waals surface area (Å²) in [5.74, 6) is 0.748. The quantitative estimate of drug-likeness (QED) is 0.375. The third-order valence-electron chi connectivity index (χ3n) is 4.77. The standard InChI is InChI=1S/C23H31FN4O3/c1-4-26-23(27-12-11-17-7-10-20(30-2)21(14-17)31-3)28-15-18(22(25)29)13-16-5-8-19(24)9-6-16/h5-10,14,18H,4,11-13,15H2,1-3H3,(H2,25,29)(H2,26,27,28). The zero-order chi connectivity index (χ0) is 22.6. The van der Waals surface area contributed by atoms with Gasteiger partial charge >= 0.3 is 0 Å². The molecular formula is C23H31FN4O3. The number of carbonyl (C=O) groups excluding carboxylic acids is 1. The molecule has 4 N–H and O–H groups in total. The molecule has 7 nitrogen and oxygen atoms in total. The zero-order valence-electron chi connectivity index (χ0n) is 18.3. The fourth-order valence-electron chi connectivity index (χ4n) is 3.06. The monoisotopic (exact) mass is 430 g/mol. The van der Waals surface area contributed by atoms with Crippen LogP contribution in [0, 0.1) is 11.7 Å². The molecule has 0 fully saturated rings. The first-order chi connectivity index (χ1) is 15.0. The van der Waals surface area contributed by atoms with Crippen LogP contribution < -0.4 is 25.8 Å². The minimum absolute atomic E-state index is 0.235. The number of nitrogens with one attached hydrogen (secondary N) is 2.